The van der Waals surface area contributed by atoms with Crippen molar-refractivity contribution in [1.29, 1.82) is 0 Å². The van der Waals surface area contributed by atoms with E-state index in [0.717, 1.165) is 66.6 Å². The molecule has 0 aliphatic rings. The molecule has 16 nitrogen and oxygen atoms in total. The second-order valence-corrected chi connectivity index (χ2v) is 20.3. The Hall–Kier alpha value is -3.51. The van der Waals surface area contributed by atoms with Gasteiger partial charge in [0.05, 0.1) is 6.04 Å². The van der Waals surface area contributed by atoms with Crippen molar-refractivity contribution in [2.24, 2.45) is 38.7 Å². The fraction of sp³-hybridized carbons (Fsp3) is 0.422. The molecule has 0 saturated heterocycles. The smallest absolute Gasteiger partial charge is 0.402 e. The Kier molecular flexibility index (Phi) is 41.5. The number of pyridine rings is 3. The summed E-state index contributed by atoms with van der Waals surface area (Å²) in [6.07, 6.45) is 4.63. The molecule has 3 amide bonds. The van der Waals surface area contributed by atoms with Crippen LogP contribution in [0.5, 0.6) is 0 Å². The minimum atomic E-state index is -0.811. The van der Waals surface area contributed by atoms with E-state index < -0.39 is 29.8 Å². The number of fused-ring (bicyclic) bond motifs is 3. The quantitative estimate of drug-likeness (QED) is 0.0671. The first kappa shape index (κ1) is 91.7. The summed E-state index contributed by atoms with van der Waals surface area (Å²) in [5.41, 5.74) is 15.2. The summed E-state index contributed by atoms with van der Waals surface area (Å²) in [5, 5.41) is 9.83. The number of nitrogens with two attached hydrogens (primary N) is 1. The predicted molar refractivity (Wildman–Crippen MR) is 328 cm³/mol. The second-order valence-electron chi connectivity index (χ2n) is 20.3. The van der Waals surface area contributed by atoms with Crippen LogP contribution in [0.25, 0.3) is 32.7 Å². The summed E-state index contributed by atoms with van der Waals surface area (Å²) in [4.78, 5) is 111. The van der Waals surface area contributed by atoms with E-state index in [1.54, 1.807) is 67.8 Å². The maximum Gasteiger partial charge on any atom is 2.00 e. The number of rotatable bonds is 12. The molecule has 3 aromatic heterocycles. The van der Waals surface area contributed by atoms with Crippen LogP contribution in [0.3, 0.4) is 0 Å². The van der Waals surface area contributed by atoms with Crippen molar-refractivity contribution in [2.75, 3.05) is 0 Å². The molecule has 3 aromatic carbocycles. The molecule has 0 aliphatic heterocycles. The van der Waals surface area contributed by atoms with E-state index in [4.69, 9.17) is 5.73 Å². The standard InChI is InChI=1S/2C20H25N2O3.C19H24N3O3.CH4.4CH3.Pd.3U/c2*1-10-8-11(2)18-17(12(10)3)19(24)16(9-22(18)7)20(25)21-14(5)13(4)15(6)23;1-9-7-10(2)17-15(11(9)3)18(24)14(8-22(17)6)19(25)21-12(4)16(20)13(5)23;;;;;;;;;/h2*9,13-14H,1-7H3,(H,21,25);8,12,16H,20H2,1-6H3,(H,21,25);1H4;4*1H3;;;;/q3*-1;;4*-1;;3*+2. The van der Waals surface area contributed by atoms with Gasteiger partial charge in [-0.3, -0.25) is 43.2 Å². The van der Waals surface area contributed by atoms with Gasteiger partial charge in [0, 0.05) is 69.0 Å². The summed E-state index contributed by atoms with van der Waals surface area (Å²) in [7, 11) is 5.42. The second kappa shape index (κ2) is 38.0. The van der Waals surface area contributed by atoms with Gasteiger partial charge in [0.25, 0.3) is 17.7 Å². The van der Waals surface area contributed by atoms with Crippen LogP contribution in [0.15, 0.2) is 33.0 Å². The van der Waals surface area contributed by atoms with Gasteiger partial charge in [0.2, 0.25) is 0 Å². The Bertz CT molecular complexity index is 3170. The van der Waals surface area contributed by atoms with Crippen molar-refractivity contribution in [3.8, 4) is 0 Å². The van der Waals surface area contributed by atoms with Crippen molar-refractivity contribution in [2.45, 2.75) is 149 Å². The number of hydrogen-bond acceptors (Lipinski definition) is 10. The Morgan fingerprint density at radius 1 is 0.429 bits per heavy atom. The first-order chi connectivity index (χ1) is 34.7. The Morgan fingerprint density at radius 3 is 0.845 bits per heavy atom. The maximum atomic E-state index is 13.0. The molecule has 84 heavy (non-hydrogen) atoms. The maximum absolute atomic E-state index is 13.0. The van der Waals surface area contributed by atoms with Gasteiger partial charge in [-0.15, -0.1) is 33.4 Å². The van der Waals surface area contributed by atoms with Crippen molar-refractivity contribution in [1.82, 2.24) is 29.7 Å². The summed E-state index contributed by atoms with van der Waals surface area (Å²) < 4.78 is 5.35. The number of aromatic nitrogens is 3. The molecule has 20 heteroatoms. The van der Waals surface area contributed by atoms with E-state index in [-0.39, 0.29) is 225 Å². The Balaban J connectivity index is -0.000000258. The van der Waals surface area contributed by atoms with Crippen molar-refractivity contribution in [3.05, 3.63) is 164 Å². The van der Waals surface area contributed by atoms with Crippen molar-refractivity contribution < 1.29 is 143 Å². The third-order valence-corrected chi connectivity index (χ3v) is 14.8. The van der Waals surface area contributed by atoms with Gasteiger partial charge in [0.15, 0.2) is 16.3 Å². The third-order valence-electron chi connectivity index (χ3n) is 14.8. The van der Waals surface area contributed by atoms with Gasteiger partial charge >= 0.3 is 93.3 Å². The van der Waals surface area contributed by atoms with E-state index >= 15 is 0 Å². The normalized spacial score (nSPS) is 12.1. The molecular formula is C64H90N7O9PdU3-. The van der Waals surface area contributed by atoms with E-state index in [9.17, 15) is 43.2 Å². The molecule has 0 fully saturated rings. The van der Waals surface area contributed by atoms with Gasteiger partial charge < -0.3 is 65.1 Å². The molecule has 6 aromatic rings. The number of nitrogens with zero attached hydrogens (tertiary/aromatic N) is 3. The van der Waals surface area contributed by atoms with Crippen LogP contribution >= 0.6 is 0 Å². The number of amides is 3. The molecule has 0 radical (unpaired) electrons. The minimum absolute atomic E-state index is 0. The summed E-state index contributed by atoms with van der Waals surface area (Å²) in [6, 6.07) is 7.69. The van der Waals surface area contributed by atoms with Crippen LogP contribution in [-0.2, 0) is 55.9 Å². The fourth-order valence-electron chi connectivity index (χ4n) is 9.21. The first-order valence-electron chi connectivity index (χ1n) is 24.9. The SMILES string of the molecule is C.CC(=O)C(C)C(C)NC(=O)c1cn(C)c2c(C)[c-]c(C)c(C)c2c1=O.CC(=O)C(C)C(C)NC(=O)c1cn(C)c2c(C)[c-]c(C)c(C)c2c1=O.CC(=O)C(N)C(C)NC(=O)c1cn(C)c2c(C)[c-]c(C)c(C)c2c1=O.[CH3-].[CH3-].[CH3-].[CH3-].[Pd].[U+2].[U+2].[U+2]. The van der Waals surface area contributed by atoms with E-state index in [0.29, 0.717) is 16.2 Å². The zero-order valence-corrected chi connectivity index (χ0v) is 67.2. The predicted octanol–water partition coefficient (Wildman–Crippen LogP) is 8.95. The Labute approximate surface area is 585 Å². The molecule has 6 atom stereocenters. The number of Topliss-reactive ketones (excluding diaryl/α,β-unsaturated/α-hetero) is 3. The van der Waals surface area contributed by atoms with Gasteiger partial charge in [-0.2, -0.15) is 34.9 Å². The van der Waals surface area contributed by atoms with Crippen molar-refractivity contribution in [3.63, 3.8) is 0 Å². The number of carbonyl (C=O) groups is 6. The van der Waals surface area contributed by atoms with Gasteiger partial charge in [0.1, 0.15) is 34.0 Å². The molecule has 458 valence electrons. The van der Waals surface area contributed by atoms with Crippen molar-refractivity contribution >= 4 is 67.8 Å². The monoisotopic (exact) mass is 1920 g/mol. The number of nitrogens with one attached hydrogen (secondary N) is 3. The molecule has 0 saturated carbocycles. The van der Waals surface area contributed by atoms with Crippen LogP contribution in [0, 0.1) is 215 Å². The first-order valence-corrected chi connectivity index (χ1v) is 24.9. The average Bonchev–Trinajstić information content (AvgIpc) is 3.32. The summed E-state index contributed by atoms with van der Waals surface area (Å²) in [6.45, 7) is 30.1. The van der Waals surface area contributed by atoms with E-state index in [2.05, 4.69) is 34.1 Å². The summed E-state index contributed by atoms with van der Waals surface area (Å²) in [5.74, 6) is -2.29. The van der Waals surface area contributed by atoms with E-state index in [1.165, 1.54) is 27.0 Å². The number of benzene rings is 3. The van der Waals surface area contributed by atoms with Crippen LogP contribution in [0.2, 0.25) is 0 Å². The van der Waals surface area contributed by atoms with Crippen LogP contribution in [0.1, 0.15) is 144 Å². The zero-order valence-electron chi connectivity index (χ0n) is 53.1. The van der Waals surface area contributed by atoms with Gasteiger partial charge in [-0.05, 0) is 62.7 Å². The number of carbonyl (C=O) groups excluding carboxylic acids is 6. The molecule has 0 bridgehead atoms. The number of hydrogen-bond donors (Lipinski definition) is 4. The zero-order chi connectivity index (χ0) is 57.1. The minimum Gasteiger partial charge on any atom is -0.402 e. The van der Waals surface area contributed by atoms with Crippen LogP contribution < -0.4 is 38.0 Å². The average molecular weight is 1920 g/mol. The topological polar surface area (TPSA) is 231 Å². The molecular weight excluding hydrogens is 1830 g/mol. The van der Waals surface area contributed by atoms with Crippen LogP contribution in [-0.4, -0.2) is 72.9 Å². The Morgan fingerprint density at radius 2 is 0.643 bits per heavy atom. The fourth-order valence-corrected chi connectivity index (χ4v) is 9.21. The molecule has 0 spiro atoms. The third kappa shape index (κ3) is 20.3. The largest absolute Gasteiger partial charge is 2.00 e. The summed E-state index contributed by atoms with van der Waals surface area (Å²) >= 11 is 0. The molecule has 3 heterocycles. The van der Waals surface area contributed by atoms with Gasteiger partial charge in [-0.1, -0.05) is 116 Å². The molecule has 6 unspecified atom stereocenters. The van der Waals surface area contributed by atoms with Gasteiger partial charge in [-0.25, -0.2) is 0 Å². The molecule has 0 aliphatic carbocycles. The number of ketones is 3. The van der Waals surface area contributed by atoms with Crippen LogP contribution in [0.4, 0.5) is 0 Å². The number of aryl methyl sites for hydroxylation is 12. The van der Waals surface area contributed by atoms with E-state index in [1.807, 2.05) is 76.4 Å². The molecule has 5 N–H and O–H groups in total. The molecule has 6 rings (SSSR count).